The van der Waals surface area contributed by atoms with Crippen molar-refractivity contribution in [2.75, 3.05) is 13.7 Å². The number of aromatic nitrogens is 2. The number of hydrogen-bond acceptors (Lipinski definition) is 3. The summed E-state index contributed by atoms with van der Waals surface area (Å²) >= 11 is 0. The molecule has 74 valence electrons. The summed E-state index contributed by atoms with van der Waals surface area (Å²) in [5, 5.41) is 9.47. The molecular weight excluding hydrogens is 168 g/mol. The number of imidazole rings is 1. The first kappa shape index (κ1) is 10.2. The molecule has 1 aromatic heterocycles. The maximum absolute atomic E-state index is 9.47. The quantitative estimate of drug-likeness (QED) is 0.723. The highest BCUT2D eigenvalue weighted by Gasteiger charge is 2.06. The molecule has 1 atom stereocenters. The van der Waals surface area contributed by atoms with Gasteiger partial charge in [-0.15, -0.1) is 0 Å². The van der Waals surface area contributed by atoms with E-state index in [1.165, 1.54) is 0 Å². The lowest BCUT2D eigenvalue weighted by molar-refractivity contribution is 0.0532. The van der Waals surface area contributed by atoms with E-state index in [-0.39, 0.29) is 0 Å². The van der Waals surface area contributed by atoms with Gasteiger partial charge in [-0.3, -0.25) is 0 Å². The van der Waals surface area contributed by atoms with Crippen molar-refractivity contribution in [3.63, 3.8) is 0 Å². The lowest BCUT2D eigenvalue weighted by atomic mass is 10.3. The topological polar surface area (TPSA) is 47.3 Å². The van der Waals surface area contributed by atoms with Crippen LogP contribution >= 0.6 is 0 Å². The summed E-state index contributed by atoms with van der Waals surface area (Å²) in [7, 11) is 1.58. The molecule has 0 aromatic carbocycles. The Kier molecular flexibility index (Phi) is 3.92. The van der Waals surface area contributed by atoms with Crippen LogP contribution in [0.25, 0.3) is 0 Å². The normalized spacial score (nSPS) is 13.2. The number of rotatable bonds is 5. The SMILES string of the molecule is CCc1nccn1CC(O)COC. The van der Waals surface area contributed by atoms with Crippen LogP contribution < -0.4 is 0 Å². The molecule has 1 N–H and O–H groups in total. The average molecular weight is 184 g/mol. The Morgan fingerprint density at radius 2 is 2.46 bits per heavy atom. The van der Waals surface area contributed by atoms with E-state index >= 15 is 0 Å². The van der Waals surface area contributed by atoms with Crippen LogP contribution in [0.2, 0.25) is 0 Å². The molecule has 0 saturated carbocycles. The lowest BCUT2D eigenvalue weighted by Gasteiger charge is -2.11. The van der Waals surface area contributed by atoms with Gasteiger partial charge in [0.25, 0.3) is 0 Å². The van der Waals surface area contributed by atoms with E-state index in [4.69, 9.17) is 4.74 Å². The van der Waals surface area contributed by atoms with Crippen LogP contribution in [0.1, 0.15) is 12.7 Å². The lowest BCUT2D eigenvalue weighted by Crippen LogP contribution is -2.21. The van der Waals surface area contributed by atoms with E-state index in [1.807, 2.05) is 17.7 Å². The number of ether oxygens (including phenoxy) is 1. The number of nitrogens with zero attached hydrogens (tertiary/aromatic N) is 2. The van der Waals surface area contributed by atoms with Gasteiger partial charge in [-0.1, -0.05) is 6.92 Å². The fraction of sp³-hybridized carbons (Fsp3) is 0.667. The Morgan fingerprint density at radius 1 is 1.69 bits per heavy atom. The minimum Gasteiger partial charge on any atom is -0.389 e. The summed E-state index contributed by atoms with van der Waals surface area (Å²) in [6.45, 7) is 2.96. The Bertz CT molecular complexity index is 248. The van der Waals surface area contributed by atoms with E-state index < -0.39 is 6.10 Å². The molecule has 1 aromatic rings. The average Bonchev–Trinajstić information content (AvgIpc) is 2.52. The van der Waals surface area contributed by atoms with Crippen molar-refractivity contribution in [1.29, 1.82) is 0 Å². The molecular formula is C9H16N2O2. The first-order valence-corrected chi connectivity index (χ1v) is 4.45. The highest BCUT2D eigenvalue weighted by molar-refractivity contribution is 4.92. The highest BCUT2D eigenvalue weighted by Crippen LogP contribution is 2.00. The molecule has 4 heteroatoms. The van der Waals surface area contributed by atoms with Gasteiger partial charge < -0.3 is 14.4 Å². The zero-order chi connectivity index (χ0) is 9.68. The minimum atomic E-state index is -0.454. The second kappa shape index (κ2) is 4.99. The Hall–Kier alpha value is -0.870. The van der Waals surface area contributed by atoms with E-state index in [9.17, 15) is 5.11 Å². The summed E-state index contributed by atoms with van der Waals surface area (Å²) in [5.74, 6) is 0.996. The van der Waals surface area contributed by atoms with Gasteiger partial charge in [0.05, 0.1) is 19.3 Å². The third-order valence-corrected chi connectivity index (χ3v) is 1.88. The molecule has 0 bridgehead atoms. The van der Waals surface area contributed by atoms with Crippen molar-refractivity contribution < 1.29 is 9.84 Å². The number of aryl methyl sites for hydroxylation is 1. The van der Waals surface area contributed by atoms with Gasteiger partial charge in [-0.2, -0.15) is 0 Å². The van der Waals surface area contributed by atoms with Crippen LogP contribution in [0.4, 0.5) is 0 Å². The first-order chi connectivity index (χ1) is 6.27. The Morgan fingerprint density at radius 3 is 3.08 bits per heavy atom. The van der Waals surface area contributed by atoms with Crippen molar-refractivity contribution in [3.05, 3.63) is 18.2 Å². The minimum absolute atomic E-state index is 0.362. The van der Waals surface area contributed by atoms with Gasteiger partial charge in [0.2, 0.25) is 0 Å². The second-order valence-electron chi connectivity index (χ2n) is 2.96. The fourth-order valence-corrected chi connectivity index (χ4v) is 1.29. The Labute approximate surface area is 78.2 Å². The summed E-state index contributed by atoms with van der Waals surface area (Å²) in [5.41, 5.74) is 0. The number of hydrogen-bond donors (Lipinski definition) is 1. The summed E-state index contributed by atoms with van der Waals surface area (Å²) in [6.07, 6.45) is 4.05. The zero-order valence-corrected chi connectivity index (χ0v) is 8.10. The van der Waals surface area contributed by atoms with E-state index in [1.54, 1.807) is 13.3 Å². The molecule has 0 amide bonds. The van der Waals surface area contributed by atoms with Crippen molar-refractivity contribution in [1.82, 2.24) is 9.55 Å². The molecule has 0 aliphatic heterocycles. The van der Waals surface area contributed by atoms with Crippen LogP contribution in [0, 0.1) is 0 Å². The smallest absolute Gasteiger partial charge is 0.108 e. The number of methoxy groups -OCH3 is 1. The van der Waals surface area contributed by atoms with Gasteiger partial charge >= 0.3 is 0 Å². The Balaban J connectivity index is 2.52. The van der Waals surface area contributed by atoms with Gasteiger partial charge in [0.1, 0.15) is 5.82 Å². The van der Waals surface area contributed by atoms with Crippen molar-refractivity contribution in [3.8, 4) is 0 Å². The molecule has 0 radical (unpaired) electrons. The molecule has 0 saturated heterocycles. The van der Waals surface area contributed by atoms with Crippen LogP contribution in [-0.2, 0) is 17.7 Å². The largest absolute Gasteiger partial charge is 0.389 e. The molecule has 0 aliphatic carbocycles. The molecule has 0 fully saturated rings. The summed E-state index contributed by atoms with van der Waals surface area (Å²) in [4.78, 5) is 4.16. The first-order valence-electron chi connectivity index (χ1n) is 4.45. The maximum Gasteiger partial charge on any atom is 0.108 e. The van der Waals surface area contributed by atoms with Gasteiger partial charge in [0.15, 0.2) is 0 Å². The maximum atomic E-state index is 9.47. The molecule has 1 unspecified atom stereocenters. The van der Waals surface area contributed by atoms with E-state index in [0.717, 1.165) is 12.2 Å². The molecule has 0 aliphatic rings. The molecule has 0 spiro atoms. The van der Waals surface area contributed by atoms with Crippen LogP contribution in [0.15, 0.2) is 12.4 Å². The molecule has 4 nitrogen and oxygen atoms in total. The fourth-order valence-electron chi connectivity index (χ4n) is 1.29. The summed E-state index contributed by atoms with van der Waals surface area (Å²) in [6, 6.07) is 0. The second-order valence-corrected chi connectivity index (χ2v) is 2.96. The standard InChI is InChI=1S/C9H16N2O2/c1-3-9-10-4-5-11(9)6-8(12)7-13-2/h4-5,8,12H,3,6-7H2,1-2H3. The zero-order valence-electron chi connectivity index (χ0n) is 8.10. The van der Waals surface area contributed by atoms with Crippen molar-refractivity contribution in [2.45, 2.75) is 26.0 Å². The molecule has 13 heavy (non-hydrogen) atoms. The number of aliphatic hydroxyl groups is 1. The van der Waals surface area contributed by atoms with Crippen LogP contribution in [0.3, 0.4) is 0 Å². The van der Waals surface area contributed by atoms with Gasteiger partial charge in [-0.25, -0.2) is 4.98 Å². The monoisotopic (exact) mass is 184 g/mol. The van der Waals surface area contributed by atoms with E-state index in [0.29, 0.717) is 13.2 Å². The predicted octanol–water partition coefficient (Wildman–Crippen LogP) is 0.453. The predicted molar refractivity (Wildman–Crippen MR) is 49.5 cm³/mol. The molecule has 1 rings (SSSR count). The third kappa shape index (κ3) is 2.82. The van der Waals surface area contributed by atoms with Gasteiger partial charge in [-0.05, 0) is 0 Å². The van der Waals surface area contributed by atoms with Crippen LogP contribution in [-0.4, -0.2) is 34.5 Å². The third-order valence-electron chi connectivity index (χ3n) is 1.88. The van der Waals surface area contributed by atoms with Gasteiger partial charge in [0, 0.05) is 25.9 Å². The number of aliphatic hydroxyl groups excluding tert-OH is 1. The van der Waals surface area contributed by atoms with Crippen molar-refractivity contribution >= 4 is 0 Å². The van der Waals surface area contributed by atoms with E-state index in [2.05, 4.69) is 4.98 Å². The van der Waals surface area contributed by atoms with Crippen molar-refractivity contribution in [2.24, 2.45) is 0 Å². The van der Waals surface area contributed by atoms with Crippen LogP contribution in [0.5, 0.6) is 0 Å². The molecule has 1 heterocycles. The summed E-state index contributed by atoms with van der Waals surface area (Å²) < 4.78 is 6.79. The highest BCUT2D eigenvalue weighted by atomic mass is 16.5.